The predicted octanol–water partition coefficient (Wildman–Crippen LogP) is 3.32. The van der Waals surface area contributed by atoms with Crippen LogP contribution in [0.1, 0.15) is 26.3 Å². The first-order valence-electron chi connectivity index (χ1n) is 5.63. The molecule has 2 aromatic rings. The van der Waals surface area contributed by atoms with Gasteiger partial charge < -0.3 is 9.15 Å². The van der Waals surface area contributed by atoms with E-state index in [2.05, 4.69) is 0 Å². The minimum absolute atomic E-state index is 0.232. The molecule has 0 atom stereocenters. The number of rotatable bonds is 2. The minimum Gasteiger partial charge on any atom is -0.464 e. The van der Waals surface area contributed by atoms with Crippen molar-refractivity contribution in [3.8, 4) is 0 Å². The van der Waals surface area contributed by atoms with E-state index >= 15 is 0 Å². The maximum Gasteiger partial charge on any atom is 0.310 e. The highest BCUT2D eigenvalue weighted by molar-refractivity contribution is 5.85. The van der Waals surface area contributed by atoms with Crippen molar-refractivity contribution in [3.05, 3.63) is 36.1 Å². The average Bonchev–Trinajstić information content (AvgIpc) is 2.59. The number of furan rings is 1. The van der Waals surface area contributed by atoms with E-state index in [1.807, 2.05) is 45.0 Å². The van der Waals surface area contributed by atoms with Gasteiger partial charge in [-0.3, -0.25) is 4.79 Å². The van der Waals surface area contributed by atoms with Gasteiger partial charge in [0.1, 0.15) is 11.2 Å². The van der Waals surface area contributed by atoms with Gasteiger partial charge in [-0.15, -0.1) is 0 Å². The van der Waals surface area contributed by atoms with Gasteiger partial charge >= 0.3 is 5.97 Å². The summed E-state index contributed by atoms with van der Waals surface area (Å²) in [5, 5.41) is 0.971. The normalized spacial score (nSPS) is 11.7. The maximum absolute atomic E-state index is 11.7. The summed E-state index contributed by atoms with van der Waals surface area (Å²) in [6.07, 6.45) is 1.86. The van der Waals surface area contributed by atoms with Gasteiger partial charge in [-0.2, -0.15) is 0 Å². The Balaban J connectivity index is 2.16. The molecule has 0 saturated carbocycles. The smallest absolute Gasteiger partial charge is 0.310 e. The van der Waals surface area contributed by atoms with Crippen LogP contribution in [-0.2, 0) is 16.0 Å². The third kappa shape index (κ3) is 2.87. The zero-order chi connectivity index (χ0) is 12.5. The molecule has 3 heteroatoms. The first kappa shape index (κ1) is 11.7. The second-order valence-electron chi connectivity index (χ2n) is 5.02. The number of fused-ring (bicyclic) bond motifs is 1. The van der Waals surface area contributed by atoms with Crippen LogP contribution in [0.3, 0.4) is 0 Å². The molecular weight excluding hydrogens is 216 g/mol. The average molecular weight is 232 g/mol. The molecule has 17 heavy (non-hydrogen) atoms. The van der Waals surface area contributed by atoms with Crippen molar-refractivity contribution in [2.75, 3.05) is 0 Å². The molecule has 3 nitrogen and oxygen atoms in total. The molecule has 1 aromatic heterocycles. The molecule has 0 unspecified atom stereocenters. The van der Waals surface area contributed by atoms with Crippen LogP contribution in [0.25, 0.3) is 11.0 Å². The molecule has 2 rings (SSSR count). The number of esters is 1. The van der Waals surface area contributed by atoms with E-state index in [0.29, 0.717) is 0 Å². The van der Waals surface area contributed by atoms with Gasteiger partial charge in [-0.1, -0.05) is 18.2 Å². The third-order valence-corrected chi connectivity index (χ3v) is 2.32. The summed E-state index contributed by atoms with van der Waals surface area (Å²) in [6.45, 7) is 5.58. The highest BCUT2D eigenvalue weighted by atomic mass is 16.6. The summed E-state index contributed by atoms with van der Waals surface area (Å²) in [6, 6.07) is 7.66. The monoisotopic (exact) mass is 232 g/mol. The largest absolute Gasteiger partial charge is 0.464 e. The Morgan fingerprint density at radius 3 is 2.71 bits per heavy atom. The zero-order valence-corrected chi connectivity index (χ0v) is 10.3. The van der Waals surface area contributed by atoms with Gasteiger partial charge in [0.05, 0.1) is 12.7 Å². The van der Waals surface area contributed by atoms with Crippen molar-refractivity contribution in [2.24, 2.45) is 0 Å². The molecule has 0 aliphatic rings. The molecule has 1 heterocycles. The second-order valence-corrected chi connectivity index (χ2v) is 5.02. The summed E-state index contributed by atoms with van der Waals surface area (Å²) >= 11 is 0. The van der Waals surface area contributed by atoms with Crippen molar-refractivity contribution in [3.63, 3.8) is 0 Å². The van der Waals surface area contributed by atoms with Gasteiger partial charge in [0, 0.05) is 10.9 Å². The van der Waals surface area contributed by atoms with Gasteiger partial charge in [-0.05, 0) is 26.8 Å². The highest BCUT2D eigenvalue weighted by Crippen LogP contribution is 2.22. The Hall–Kier alpha value is -1.77. The van der Waals surface area contributed by atoms with Gasteiger partial charge in [0.15, 0.2) is 0 Å². The standard InChI is InChI=1S/C14H16O3/c1-14(2,3)17-13(15)8-10-9-16-12-7-5-4-6-11(10)12/h4-7,9H,8H2,1-3H3. The van der Waals surface area contributed by atoms with E-state index in [9.17, 15) is 4.79 Å². The zero-order valence-electron chi connectivity index (χ0n) is 10.3. The Bertz CT molecular complexity index is 532. The van der Waals surface area contributed by atoms with Crippen LogP contribution in [0, 0.1) is 0 Å². The number of carbonyl (C=O) groups is 1. The van der Waals surface area contributed by atoms with E-state index in [0.717, 1.165) is 16.5 Å². The molecule has 0 aliphatic carbocycles. The van der Waals surface area contributed by atoms with E-state index in [1.165, 1.54) is 0 Å². The minimum atomic E-state index is -0.448. The van der Waals surface area contributed by atoms with Crippen molar-refractivity contribution in [1.82, 2.24) is 0 Å². The summed E-state index contributed by atoms with van der Waals surface area (Å²) < 4.78 is 10.7. The van der Waals surface area contributed by atoms with Crippen LogP contribution in [0.15, 0.2) is 34.9 Å². The van der Waals surface area contributed by atoms with Crippen molar-refractivity contribution in [2.45, 2.75) is 32.8 Å². The summed E-state index contributed by atoms with van der Waals surface area (Å²) in [7, 11) is 0. The topological polar surface area (TPSA) is 39.4 Å². The number of ether oxygens (including phenoxy) is 1. The van der Waals surface area contributed by atoms with Crippen molar-refractivity contribution in [1.29, 1.82) is 0 Å². The molecule has 0 fully saturated rings. The lowest BCUT2D eigenvalue weighted by Gasteiger charge is -2.19. The van der Waals surface area contributed by atoms with Gasteiger partial charge in [-0.25, -0.2) is 0 Å². The molecule has 0 amide bonds. The van der Waals surface area contributed by atoms with E-state index in [4.69, 9.17) is 9.15 Å². The maximum atomic E-state index is 11.7. The molecule has 0 spiro atoms. The van der Waals surface area contributed by atoms with Crippen LogP contribution in [0.2, 0.25) is 0 Å². The molecular formula is C14H16O3. The van der Waals surface area contributed by atoms with Crippen LogP contribution in [-0.4, -0.2) is 11.6 Å². The number of benzene rings is 1. The lowest BCUT2D eigenvalue weighted by atomic mass is 10.1. The molecule has 0 N–H and O–H groups in total. The molecule has 0 saturated heterocycles. The predicted molar refractivity (Wildman–Crippen MR) is 65.8 cm³/mol. The summed E-state index contributed by atoms with van der Waals surface area (Å²) in [4.78, 5) is 11.7. The third-order valence-electron chi connectivity index (χ3n) is 2.32. The van der Waals surface area contributed by atoms with E-state index < -0.39 is 5.60 Å². The Morgan fingerprint density at radius 1 is 1.29 bits per heavy atom. The summed E-state index contributed by atoms with van der Waals surface area (Å²) in [5.41, 5.74) is 1.22. The highest BCUT2D eigenvalue weighted by Gasteiger charge is 2.18. The Kier molecular flexibility index (Phi) is 2.92. The molecule has 0 bridgehead atoms. The van der Waals surface area contributed by atoms with Crippen LogP contribution in [0.5, 0.6) is 0 Å². The molecule has 1 aromatic carbocycles. The molecule has 0 radical (unpaired) electrons. The first-order chi connectivity index (χ1) is 7.96. The fourth-order valence-corrected chi connectivity index (χ4v) is 1.70. The van der Waals surface area contributed by atoms with Crippen LogP contribution < -0.4 is 0 Å². The number of para-hydroxylation sites is 1. The molecule has 0 aliphatic heterocycles. The SMILES string of the molecule is CC(C)(C)OC(=O)Cc1coc2ccccc12. The molecule has 90 valence electrons. The number of carbonyl (C=O) groups excluding carboxylic acids is 1. The van der Waals surface area contributed by atoms with E-state index in [-0.39, 0.29) is 12.4 Å². The lowest BCUT2D eigenvalue weighted by Crippen LogP contribution is -2.24. The Morgan fingerprint density at radius 2 is 2.00 bits per heavy atom. The quantitative estimate of drug-likeness (QED) is 0.746. The fourth-order valence-electron chi connectivity index (χ4n) is 1.70. The second kappa shape index (κ2) is 4.24. The summed E-state index contributed by atoms with van der Waals surface area (Å²) in [5.74, 6) is -0.232. The van der Waals surface area contributed by atoms with E-state index in [1.54, 1.807) is 6.26 Å². The van der Waals surface area contributed by atoms with Gasteiger partial charge in [0.2, 0.25) is 0 Å². The van der Waals surface area contributed by atoms with Crippen LogP contribution >= 0.6 is 0 Å². The fraction of sp³-hybridized carbons (Fsp3) is 0.357. The number of hydrogen-bond acceptors (Lipinski definition) is 3. The Labute approximate surface area is 100 Å². The number of hydrogen-bond donors (Lipinski definition) is 0. The lowest BCUT2D eigenvalue weighted by molar-refractivity contribution is -0.153. The van der Waals surface area contributed by atoms with Crippen molar-refractivity contribution >= 4 is 16.9 Å². The van der Waals surface area contributed by atoms with Crippen molar-refractivity contribution < 1.29 is 13.9 Å². The first-order valence-corrected chi connectivity index (χ1v) is 5.63. The van der Waals surface area contributed by atoms with Crippen LogP contribution in [0.4, 0.5) is 0 Å². The van der Waals surface area contributed by atoms with Gasteiger partial charge in [0.25, 0.3) is 0 Å².